The fraction of sp³-hybridized carbons (Fsp3) is 0.308. The van der Waals surface area contributed by atoms with Crippen LogP contribution in [-0.4, -0.2) is 19.1 Å². The number of methoxy groups -OCH3 is 1. The first kappa shape index (κ1) is 11.6. The van der Waals surface area contributed by atoms with Gasteiger partial charge in [0, 0.05) is 29.9 Å². The molecule has 0 saturated heterocycles. The maximum atomic E-state index is 13.4. The summed E-state index contributed by atoms with van der Waals surface area (Å²) in [6.07, 6.45) is 0.825. The van der Waals surface area contributed by atoms with Crippen LogP contribution in [0.1, 0.15) is 12.6 Å². The van der Waals surface area contributed by atoms with Crippen LogP contribution >= 0.6 is 0 Å². The van der Waals surface area contributed by atoms with Crippen LogP contribution in [0.2, 0.25) is 0 Å². The Balaban J connectivity index is 2.83. The number of hydrogen-bond acceptors (Lipinski definition) is 3. The molecule has 0 atom stereocenters. The van der Waals surface area contributed by atoms with E-state index in [0.29, 0.717) is 11.3 Å². The van der Waals surface area contributed by atoms with Crippen molar-refractivity contribution < 1.29 is 9.13 Å². The van der Waals surface area contributed by atoms with Crippen LogP contribution in [0.15, 0.2) is 18.2 Å². The lowest BCUT2D eigenvalue weighted by Gasteiger charge is -2.11. The first-order valence-corrected chi connectivity index (χ1v) is 5.54. The molecule has 0 aliphatic carbocycles. The largest absolute Gasteiger partial charge is 0.494 e. The molecular formula is C13H15FN2O. The Bertz CT molecular complexity index is 555. The van der Waals surface area contributed by atoms with Crippen molar-refractivity contribution >= 4 is 16.6 Å². The monoisotopic (exact) mass is 234 g/mol. The van der Waals surface area contributed by atoms with Crippen LogP contribution in [0.5, 0.6) is 5.75 Å². The van der Waals surface area contributed by atoms with E-state index in [1.807, 2.05) is 20.0 Å². The first-order chi connectivity index (χ1) is 8.19. The molecule has 0 saturated carbocycles. The van der Waals surface area contributed by atoms with E-state index in [1.165, 1.54) is 19.2 Å². The number of nitrogens with zero attached hydrogens (tertiary/aromatic N) is 1. The van der Waals surface area contributed by atoms with E-state index in [4.69, 9.17) is 4.74 Å². The molecule has 0 amide bonds. The van der Waals surface area contributed by atoms with Crippen molar-refractivity contribution in [3.8, 4) is 5.75 Å². The Morgan fingerprint density at radius 3 is 2.71 bits per heavy atom. The van der Waals surface area contributed by atoms with E-state index < -0.39 is 0 Å². The van der Waals surface area contributed by atoms with Gasteiger partial charge in [-0.2, -0.15) is 0 Å². The zero-order valence-electron chi connectivity index (χ0n) is 10.2. The number of halogens is 1. The first-order valence-electron chi connectivity index (χ1n) is 5.54. The Morgan fingerprint density at radius 1 is 1.35 bits per heavy atom. The molecule has 1 heterocycles. The maximum absolute atomic E-state index is 13.4. The van der Waals surface area contributed by atoms with Crippen molar-refractivity contribution in [3.63, 3.8) is 0 Å². The standard InChI is InChI=1S/C13H15FN2O/c1-4-9-7-11(15-2)10-5-8(14)6-12(17-3)13(10)16-9/h5-7H,4H2,1-3H3,(H,15,16). The van der Waals surface area contributed by atoms with E-state index in [0.717, 1.165) is 23.2 Å². The molecule has 0 radical (unpaired) electrons. The second-order valence-corrected chi connectivity index (χ2v) is 3.77. The summed E-state index contributed by atoms with van der Waals surface area (Å²) in [5, 5.41) is 3.80. The highest BCUT2D eigenvalue weighted by atomic mass is 19.1. The highest BCUT2D eigenvalue weighted by Gasteiger charge is 2.11. The Morgan fingerprint density at radius 2 is 2.12 bits per heavy atom. The van der Waals surface area contributed by atoms with E-state index in [1.54, 1.807) is 0 Å². The van der Waals surface area contributed by atoms with Crippen LogP contribution in [0, 0.1) is 5.82 Å². The molecule has 0 fully saturated rings. The van der Waals surface area contributed by atoms with Gasteiger partial charge in [0.1, 0.15) is 17.1 Å². The van der Waals surface area contributed by atoms with Gasteiger partial charge >= 0.3 is 0 Å². The molecule has 0 unspecified atom stereocenters. The average molecular weight is 234 g/mol. The Kier molecular flexibility index (Phi) is 3.13. The highest BCUT2D eigenvalue weighted by Crippen LogP contribution is 2.31. The van der Waals surface area contributed by atoms with Gasteiger partial charge in [0.2, 0.25) is 0 Å². The lowest BCUT2D eigenvalue weighted by molar-refractivity contribution is 0.415. The zero-order valence-corrected chi connectivity index (χ0v) is 10.2. The maximum Gasteiger partial charge on any atom is 0.148 e. The van der Waals surface area contributed by atoms with E-state index in [2.05, 4.69) is 10.3 Å². The molecule has 1 N–H and O–H groups in total. The molecule has 0 aliphatic rings. The lowest BCUT2D eigenvalue weighted by atomic mass is 10.1. The minimum absolute atomic E-state index is 0.322. The summed E-state index contributed by atoms with van der Waals surface area (Å²) in [7, 11) is 3.33. The Hall–Kier alpha value is -1.84. The molecular weight excluding hydrogens is 219 g/mol. The van der Waals surface area contributed by atoms with Crippen molar-refractivity contribution in [3.05, 3.63) is 29.7 Å². The van der Waals surface area contributed by atoms with Crippen molar-refractivity contribution in [2.75, 3.05) is 19.5 Å². The quantitative estimate of drug-likeness (QED) is 0.886. The van der Waals surface area contributed by atoms with Crippen LogP contribution in [-0.2, 0) is 6.42 Å². The number of anilines is 1. The SMILES string of the molecule is CCc1cc(NC)c2cc(F)cc(OC)c2n1. The highest BCUT2D eigenvalue weighted by molar-refractivity contribution is 5.95. The number of fused-ring (bicyclic) bond motifs is 1. The van der Waals surface area contributed by atoms with Gasteiger partial charge in [0.15, 0.2) is 0 Å². The molecule has 2 aromatic rings. The van der Waals surface area contributed by atoms with Crippen LogP contribution in [0.4, 0.5) is 10.1 Å². The molecule has 0 aliphatic heterocycles. The molecule has 2 rings (SSSR count). The minimum Gasteiger partial charge on any atom is -0.494 e. The number of pyridine rings is 1. The van der Waals surface area contributed by atoms with E-state index in [9.17, 15) is 4.39 Å². The normalized spacial score (nSPS) is 10.6. The van der Waals surface area contributed by atoms with Gasteiger partial charge in [-0.3, -0.25) is 0 Å². The number of hydrogen-bond donors (Lipinski definition) is 1. The molecule has 3 nitrogen and oxygen atoms in total. The smallest absolute Gasteiger partial charge is 0.148 e. The summed E-state index contributed by atoms with van der Waals surface area (Å²) in [6, 6.07) is 4.76. The fourth-order valence-corrected chi connectivity index (χ4v) is 1.86. The molecule has 0 spiro atoms. The Labute approximate surface area is 99.6 Å². The second kappa shape index (κ2) is 4.57. The summed E-state index contributed by atoms with van der Waals surface area (Å²) in [4.78, 5) is 4.48. The molecule has 17 heavy (non-hydrogen) atoms. The van der Waals surface area contributed by atoms with Crippen molar-refractivity contribution in [2.24, 2.45) is 0 Å². The third-order valence-corrected chi connectivity index (χ3v) is 2.75. The third kappa shape index (κ3) is 2.02. The summed E-state index contributed by atoms with van der Waals surface area (Å²) < 4.78 is 18.6. The third-order valence-electron chi connectivity index (χ3n) is 2.75. The predicted molar refractivity (Wildman–Crippen MR) is 67.2 cm³/mol. The van der Waals surface area contributed by atoms with E-state index >= 15 is 0 Å². The number of nitrogens with one attached hydrogen (secondary N) is 1. The van der Waals surface area contributed by atoms with Crippen LogP contribution < -0.4 is 10.1 Å². The van der Waals surface area contributed by atoms with Gasteiger partial charge in [0.25, 0.3) is 0 Å². The van der Waals surface area contributed by atoms with Crippen molar-refractivity contribution in [2.45, 2.75) is 13.3 Å². The molecule has 0 bridgehead atoms. The molecule has 1 aromatic carbocycles. The van der Waals surface area contributed by atoms with Gasteiger partial charge in [-0.25, -0.2) is 9.37 Å². The summed E-state index contributed by atoms with van der Waals surface area (Å²) in [5.74, 6) is 0.142. The molecule has 1 aromatic heterocycles. The van der Waals surface area contributed by atoms with Gasteiger partial charge in [-0.1, -0.05) is 6.92 Å². The number of aromatic nitrogens is 1. The number of benzene rings is 1. The number of aryl methyl sites for hydroxylation is 1. The van der Waals surface area contributed by atoms with Crippen molar-refractivity contribution in [1.29, 1.82) is 0 Å². The van der Waals surface area contributed by atoms with Crippen molar-refractivity contribution in [1.82, 2.24) is 4.98 Å². The average Bonchev–Trinajstić information content (AvgIpc) is 2.36. The molecule has 90 valence electrons. The fourth-order valence-electron chi connectivity index (χ4n) is 1.86. The lowest BCUT2D eigenvalue weighted by Crippen LogP contribution is -1.98. The van der Waals surface area contributed by atoms with Gasteiger partial charge < -0.3 is 10.1 Å². The van der Waals surface area contributed by atoms with Crippen LogP contribution in [0.3, 0.4) is 0 Å². The summed E-state index contributed by atoms with van der Waals surface area (Å²) in [6.45, 7) is 2.03. The van der Waals surface area contributed by atoms with Gasteiger partial charge in [0.05, 0.1) is 7.11 Å². The zero-order chi connectivity index (χ0) is 12.4. The predicted octanol–water partition coefficient (Wildman–Crippen LogP) is 2.99. The summed E-state index contributed by atoms with van der Waals surface area (Å²) in [5.41, 5.74) is 2.51. The number of ether oxygens (including phenoxy) is 1. The van der Waals surface area contributed by atoms with Gasteiger partial charge in [-0.05, 0) is 18.6 Å². The topological polar surface area (TPSA) is 34.1 Å². The van der Waals surface area contributed by atoms with Gasteiger partial charge in [-0.15, -0.1) is 0 Å². The molecule has 4 heteroatoms. The number of rotatable bonds is 3. The summed E-state index contributed by atoms with van der Waals surface area (Å²) >= 11 is 0. The van der Waals surface area contributed by atoms with Crippen LogP contribution in [0.25, 0.3) is 10.9 Å². The minimum atomic E-state index is -0.322. The second-order valence-electron chi connectivity index (χ2n) is 3.77. The van der Waals surface area contributed by atoms with E-state index in [-0.39, 0.29) is 5.82 Å².